The summed E-state index contributed by atoms with van der Waals surface area (Å²) in [6.45, 7) is 4.03. The van der Waals surface area contributed by atoms with Gasteiger partial charge in [0.05, 0.1) is 4.91 Å². The maximum Gasteiger partial charge on any atom is 0.266 e. The van der Waals surface area contributed by atoms with E-state index in [1.807, 2.05) is 4.90 Å². The zero-order chi connectivity index (χ0) is 18.7. The third-order valence-electron chi connectivity index (χ3n) is 4.75. The maximum atomic E-state index is 13.8. The molecular formula is C19H21FN2O2S2. The highest BCUT2D eigenvalue weighted by Crippen LogP contribution is 2.33. The monoisotopic (exact) mass is 392 g/mol. The van der Waals surface area contributed by atoms with Gasteiger partial charge in [0.25, 0.3) is 5.91 Å². The van der Waals surface area contributed by atoms with Crippen molar-refractivity contribution in [2.45, 2.75) is 26.2 Å². The van der Waals surface area contributed by atoms with Gasteiger partial charge in [-0.3, -0.25) is 14.5 Å². The molecule has 0 N–H and O–H groups in total. The van der Waals surface area contributed by atoms with Gasteiger partial charge >= 0.3 is 0 Å². The number of rotatable bonds is 4. The number of halogens is 1. The van der Waals surface area contributed by atoms with Crippen molar-refractivity contribution in [1.82, 2.24) is 9.80 Å². The Labute approximate surface area is 162 Å². The molecule has 0 radical (unpaired) electrons. The van der Waals surface area contributed by atoms with Crippen LogP contribution in [0.2, 0.25) is 0 Å². The molecule has 0 atom stereocenters. The molecule has 0 unspecified atom stereocenters. The van der Waals surface area contributed by atoms with Gasteiger partial charge in [-0.25, -0.2) is 4.39 Å². The number of carbonyl (C=O) groups is 2. The molecule has 7 heteroatoms. The lowest BCUT2D eigenvalue weighted by Gasteiger charge is -2.30. The van der Waals surface area contributed by atoms with Crippen molar-refractivity contribution in [3.05, 3.63) is 40.6 Å². The van der Waals surface area contributed by atoms with Crippen LogP contribution in [0.15, 0.2) is 29.2 Å². The molecule has 2 heterocycles. The lowest BCUT2D eigenvalue weighted by atomic mass is 9.99. The fraction of sp³-hybridized carbons (Fsp3) is 0.421. The SMILES string of the molecule is CC1CCN(C(=O)CCN2C(=O)/C(=C\c3ccccc3F)SC2=S)CC1. The van der Waals surface area contributed by atoms with Crippen LogP contribution in [0.1, 0.15) is 31.7 Å². The number of hydrogen-bond acceptors (Lipinski definition) is 4. The fourth-order valence-corrected chi connectivity index (χ4v) is 4.35. The van der Waals surface area contributed by atoms with Crippen LogP contribution in [-0.4, -0.2) is 45.6 Å². The Morgan fingerprint density at radius 2 is 2.04 bits per heavy atom. The number of piperidine rings is 1. The number of carbonyl (C=O) groups excluding carboxylic acids is 2. The van der Waals surface area contributed by atoms with E-state index in [0.717, 1.165) is 37.7 Å². The first-order valence-corrected chi connectivity index (χ1v) is 9.96. The topological polar surface area (TPSA) is 40.6 Å². The van der Waals surface area contributed by atoms with Crippen LogP contribution >= 0.6 is 24.0 Å². The highest BCUT2D eigenvalue weighted by atomic mass is 32.2. The molecule has 0 spiro atoms. The van der Waals surface area contributed by atoms with E-state index >= 15 is 0 Å². The average molecular weight is 393 g/mol. The predicted octanol–water partition coefficient (Wildman–Crippen LogP) is 3.68. The molecule has 3 rings (SSSR count). The van der Waals surface area contributed by atoms with E-state index in [1.54, 1.807) is 18.2 Å². The average Bonchev–Trinajstić information content (AvgIpc) is 2.89. The first-order chi connectivity index (χ1) is 12.5. The molecule has 2 saturated heterocycles. The molecule has 2 amide bonds. The Bertz CT molecular complexity index is 758. The molecule has 0 aliphatic carbocycles. The van der Waals surface area contributed by atoms with Gasteiger partial charge in [0, 0.05) is 31.6 Å². The second-order valence-corrected chi connectivity index (χ2v) is 8.34. The first kappa shape index (κ1) is 19.0. The molecule has 0 aromatic heterocycles. The van der Waals surface area contributed by atoms with Gasteiger partial charge in [-0.1, -0.05) is 49.1 Å². The summed E-state index contributed by atoms with van der Waals surface area (Å²) < 4.78 is 14.2. The molecule has 26 heavy (non-hydrogen) atoms. The van der Waals surface area contributed by atoms with Crippen molar-refractivity contribution in [3.63, 3.8) is 0 Å². The van der Waals surface area contributed by atoms with E-state index in [4.69, 9.17) is 12.2 Å². The molecule has 1 aromatic rings. The molecule has 2 fully saturated rings. The molecular weight excluding hydrogens is 371 g/mol. The second kappa shape index (κ2) is 8.31. The van der Waals surface area contributed by atoms with Crippen LogP contribution in [0.5, 0.6) is 0 Å². The van der Waals surface area contributed by atoms with Gasteiger partial charge < -0.3 is 4.90 Å². The number of nitrogens with zero attached hydrogens (tertiary/aromatic N) is 2. The highest BCUT2D eigenvalue weighted by molar-refractivity contribution is 8.26. The van der Waals surface area contributed by atoms with E-state index in [9.17, 15) is 14.0 Å². The summed E-state index contributed by atoms with van der Waals surface area (Å²) in [4.78, 5) is 28.6. The van der Waals surface area contributed by atoms with Crippen LogP contribution in [0, 0.1) is 11.7 Å². The standard InChI is InChI=1S/C19H21FN2O2S2/c1-13-6-9-21(10-7-13)17(23)8-11-22-18(24)16(26-19(22)25)12-14-4-2-3-5-15(14)20/h2-5,12-13H,6-11H2,1H3/b16-12+. The number of likely N-dealkylation sites (tertiary alicyclic amines) is 1. The Balaban J connectivity index is 1.61. The van der Waals surface area contributed by atoms with Crippen LogP contribution in [0.25, 0.3) is 6.08 Å². The Kier molecular flexibility index (Phi) is 6.09. The number of benzene rings is 1. The lowest BCUT2D eigenvalue weighted by molar-refractivity contribution is -0.133. The van der Waals surface area contributed by atoms with E-state index < -0.39 is 0 Å². The summed E-state index contributed by atoms with van der Waals surface area (Å²) >= 11 is 6.43. The lowest BCUT2D eigenvalue weighted by Crippen LogP contribution is -2.40. The minimum atomic E-state index is -0.382. The zero-order valence-corrected chi connectivity index (χ0v) is 16.2. The molecule has 1 aromatic carbocycles. The summed E-state index contributed by atoms with van der Waals surface area (Å²) in [5.41, 5.74) is 0.353. The van der Waals surface area contributed by atoms with Gasteiger partial charge in [-0.2, -0.15) is 0 Å². The van der Waals surface area contributed by atoms with Crippen molar-refractivity contribution in [2.24, 2.45) is 5.92 Å². The smallest absolute Gasteiger partial charge is 0.266 e. The highest BCUT2D eigenvalue weighted by Gasteiger charge is 2.33. The Hall–Kier alpha value is -1.73. The van der Waals surface area contributed by atoms with Crippen LogP contribution in [0.4, 0.5) is 4.39 Å². The summed E-state index contributed by atoms with van der Waals surface area (Å²) in [5.74, 6) is 0.0777. The van der Waals surface area contributed by atoms with Crippen molar-refractivity contribution >= 4 is 46.2 Å². The molecule has 138 valence electrons. The predicted molar refractivity (Wildman–Crippen MR) is 106 cm³/mol. The molecule has 0 saturated carbocycles. The Morgan fingerprint density at radius 3 is 2.73 bits per heavy atom. The second-order valence-electron chi connectivity index (χ2n) is 6.67. The van der Waals surface area contributed by atoms with E-state index in [0.29, 0.717) is 20.7 Å². The number of amides is 2. The van der Waals surface area contributed by atoms with Gasteiger partial charge in [0.1, 0.15) is 10.1 Å². The summed E-state index contributed by atoms with van der Waals surface area (Å²) in [7, 11) is 0. The first-order valence-electron chi connectivity index (χ1n) is 8.73. The maximum absolute atomic E-state index is 13.8. The molecule has 4 nitrogen and oxygen atoms in total. The van der Waals surface area contributed by atoms with Crippen LogP contribution in [0.3, 0.4) is 0 Å². The molecule has 2 aliphatic rings. The van der Waals surface area contributed by atoms with Crippen LogP contribution < -0.4 is 0 Å². The van der Waals surface area contributed by atoms with Crippen molar-refractivity contribution in [3.8, 4) is 0 Å². The van der Waals surface area contributed by atoms with Crippen molar-refractivity contribution in [2.75, 3.05) is 19.6 Å². The summed E-state index contributed by atoms with van der Waals surface area (Å²) in [5, 5.41) is 0. The third kappa shape index (κ3) is 4.32. The number of hydrogen-bond donors (Lipinski definition) is 0. The van der Waals surface area contributed by atoms with Crippen molar-refractivity contribution < 1.29 is 14.0 Å². The van der Waals surface area contributed by atoms with E-state index in [-0.39, 0.29) is 30.6 Å². The normalized spacial score (nSPS) is 20.3. The van der Waals surface area contributed by atoms with E-state index in [2.05, 4.69) is 6.92 Å². The number of thiocarbonyl (C=S) groups is 1. The minimum absolute atomic E-state index is 0.0593. The van der Waals surface area contributed by atoms with Gasteiger partial charge in [-0.15, -0.1) is 0 Å². The van der Waals surface area contributed by atoms with Crippen LogP contribution in [-0.2, 0) is 9.59 Å². The number of thioether (sulfide) groups is 1. The van der Waals surface area contributed by atoms with Gasteiger partial charge in [0.2, 0.25) is 5.91 Å². The molecule has 2 aliphatic heterocycles. The minimum Gasteiger partial charge on any atom is -0.343 e. The van der Waals surface area contributed by atoms with E-state index in [1.165, 1.54) is 17.0 Å². The zero-order valence-electron chi connectivity index (χ0n) is 14.6. The van der Waals surface area contributed by atoms with Crippen molar-refractivity contribution in [1.29, 1.82) is 0 Å². The molecule has 0 bridgehead atoms. The quantitative estimate of drug-likeness (QED) is 0.579. The third-order valence-corrected chi connectivity index (χ3v) is 6.13. The largest absolute Gasteiger partial charge is 0.343 e. The van der Waals surface area contributed by atoms with Gasteiger partial charge in [-0.05, 0) is 30.9 Å². The van der Waals surface area contributed by atoms with Gasteiger partial charge in [0.15, 0.2) is 0 Å². The fourth-order valence-electron chi connectivity index (χ4n) is 3.05. The summed E-state index contributed by atoms with van der Waals surface area (Å²) in [6, 6.07) is 6.28. The Morgan fingerprint density at radius 1 is 1.35 bits per heavy atom. The summed E-state index contributed by atoms with van der Waals surface area (Å²) in [6.07, 6.45) is 3.83.